The van der Waals surface area contributed by atoms with Crippen LogP contribution in [0.25, 0.3) is 0 Å². The Labute approximate surface area is 130 Å². The number of carbonyl (C=O) groups excluding carboxylic acids is 1. The molecule has 1 amide bonds. The first-order valence-electron chi connectivity index (χ1n) is 5.78. The minimum absolute atomic E-state index is 0.0914. The molecule has 112 valence electrons. The minimum atomic E-state index is -1.70. The summed E-state index contributed by atoms with van der Waals surface area (Å²) in [7, 11) is 0. The first kappa shape index (κ1) is 17.1. The lowest BCUT2D eigenvalue weighted by Crippen LogP contribution is -2.42. The van der Waals surface area contributed by atoms with Crippen LogP contribution in [0.3, 0.4) is 0 Å². The maximum Gasteiger partial charge on any atom is 0.327 e. The fraction of sp³-hybridized carbons (Fsp3) is 0.545. The van der Waals surface area contributed by atoms with Crippen molar-refractivity contribution >= 4 is 40.7 Å². The molecule has 0 aliphatic rings. The highest BCUT2D eigenvalue weighted by Crippen LogP contribution is 2.27. The molecule has 0 atom stereocenters. The number of aromatic amines is 1. The third-order valence-corrected chi connectivity index (χ3v) is 2.98. The second-order valence-corrected chi connectivity index (χ2v) is 7.19. The van der Waals surface area contributed by atoms with Gasteiger partial charge in [0.25, 0.3) is 0 Å². The zero-order valence-electron chi connectivity index (χ0n) is 11.0. The van der Waals surface area contributed by atoms with E-state index in [1.807, 2.05) is 13.8 Å². The zero-order chi connectivity index (χ0) is 15.7. The molecule has 0 saturated carbocycles. The van der Waals surface area contributed by atoms with E-state index in [0.29, 0.717) is 11.3 Å². The van der Waals surface area contributed by atoms with Gasteiger partial charge in [-0.1, -0.05) is 48.7 Å². The van der Waals surface area contributed by atoms with Crippen molar-refractivity contribution in [3.05, 3.63) is 27.2 Å². The van der Waals surface area contributed by atoms with Gasteiger partial charge in [-0.25, -0.2) is 4.79 Å². The molecule has 0 aliphatic heterocycles. The predicted octanol–water partition coefficient (Wildman–Crippen LogP) is 1.18. The quantitative estimate of drug-likeness (QED) is 0.715. The van der Waals surface area contributed by atoms with E-state index in [-0.39, 0.29) is 24.4 Å². The normalized spacial score (nSPS) is 11.9. The molecule has 1 heterocycles. The van der Waals surface area contributed by atoms with Gasteiger partial charge < -0.3 is 10.7 Å². The summed E-state index contributed by atoms with van der Waals surface area (Å²) in [6.45, 7) is 3.40. The number of nitrogens with two attached hydrogens (primary N) is 1. The van der Waals surface area contributed by atoms with Crippen molar-refractivity contribution < 1.29 is 4.79 Å². The number of hydrogen-bond donors (Lipinski definition) is 3. The molecule has 0 aliphatic carbocycles. The van der Waals surface area contributed by atoms with Crippen LogP contribution in [0.15, 0.2) is 4.79 Å². The molecule has 1 aromatic rings. The Kier molecular flexibility index (Phi) is 5.29. The molecule has 1 rings (SSSR count). The maximum atomic E-state index is 12.0. The molecule has 0 aromatic carbocycles. The van der Waals surface area contributed by atoms with Crippen molar-refractivity contribution in [2.24, 2.45) is 5.73 Å². The SMILES string of the molecule is CC(C)c1c(CC(N)=O)[nH]c(=O)n(CC(Cl)(Cl)Cl)c1=N. The van der Waals surface area contributed by atoms with Crippen molar-refractivity contribution in [1.82, 2.24) is 9.55 Å². The molecular formula is C11H15Cl3N4O2. The molecule has 0 radical (unpaired) electrons. The highest BCUT2D eigenvalue weighted by atomic mass is 35.6. The molecule has 1 aromatic heterocycles. The van der Waals surface area contributed by atoms with Crippen LogP contribution in [0.4, 0.5) is 0 Å². The standard InChI is InChI=1S/C11H15Cl3N4O2/c1-5(2)8-6(3-7(15)19)17-10(20)18(9(8)16)4-11(12,13)14/h5,16H,3-4H2,1-2H3,(H2,15,19)(H,17,20). The number of amides is 1. The summed E-state index contributed by atoms with van der Waals surface area (Å²) in [5.74, 6) is -0.698. The van der Waals surface area contributed by atoms with E-state index in [2.05, 4.69) is 4.98 Å². The first-order valence-corrected chi connectivity index (χ1v) is 6.92. The number of primary amides is 1. The summed E-state index contributed by atoms with van der Waals surface area (Å²) in [4.78, 5) is 25.5. The van der Waals surface area contributed by atoms with Gasteiger partial charge in [-0.15, -0.1) is 0 Å². The number of alkyl halides is 3. The minimum Gasteiger partial charge on any atom is -0.369 e. The van der Waals surface area contributed by atoms with Gasteiger partial charge >= 0.3 is 5.69 Å². The average Bonchev–Trinajstić information content (AvgIpc) is 2.21. The Bertz CT molecular complexity index is 628. The van der Waals surface area contributed by atoms with Crippen LogP contribution >= 0.6 is 34.8 Å². The molecule has 0 unspecified atom stereocenters. The van der Waals surface area contributed by atoms with Gasteiger partial charge in [0, 0.05) is 11.3 Å². The van der Waals surface area contributed by atoms with Crippen LogP contribution in [-0.2, 0) is 17.8 Å². The first-order chi connectivity index (χ1) is 9.03. The van der Waals surface area contributed by atoms with Crippen LogP contribution < -0.4 is 16.9 Å². The number of hydrogen-bond acceptors (Lipinski definition) is 3. The average molecular weight is 342 g/mol. The number of nitrogens with zero attached hydrogens (tertiary/aromatic N) is 1. The number of rotatable bonds is 4. The molecular weight excluding hydrogens is 327 g/mol. The lowest BCUT2D eigenvalue weighted by Gasteiger charge is -2.18. The van der Waals surface area contributed by atoms with E-state index < -0.39 is 15.4 Å². The van der Waals surface area contributed by atoms with E-state index >= 15 is 0 Å². The molecule has 0 spiro atoms. The molecule has 0 fully saturated rings. The predicted molar refractivity (Wildman–Crippen MR) is 78.2 cm³/mol. The molecule has 20 heavy (non-hydrogen) atoms. The van der Waals surface area contributed by atoms with E-state index in [4.69, 9.17) is 45.9 Å². The van der Waals surface area contributed by atoms with Crippen LogP contribution in [0.5, 0.6) is 0 Å². The van der Waals surface area contributed by atoms with Gasteiger partial charge in [-0.2, -0.15) is 0 Å². The van der Waals surface area contributed by atoms with Gasteiger partial charge in [0.15, 0.2) is 0 Å². The molecule has 6 nitrogen and oxygen atoms in total. The number of aromatic nitrogens is 2. The van der Waals surface area contributed by atoms with E-state index in [9.17, 15) is 9.59 Å². The Balaban J connectivity index is 3.53. The fourth-order valence-corrected chi connectivity index (χ4v) is 2.28. The molecule has 9 heteroatoms. The Morgan fingerprint density at radius 2 is 2.00 bits per heavy atom. The topological polar surface area (TPSA) is 105 Å². The summed E-state index contributed by atoms with van der Waals surface area (Å²) in [6, 6.07) is 0. The van der Waals surface area contributed by atoms with Crippen molar-refractivity contribution in [3.63, 3.8) is 0 Å². The summed E-state index contributed by atoms with van der Waals surface area (Å²) in [5, 5.41) is 8.10. The Morgan fingerprint density at radius 3 is 2.40 bits per heavy atom. The van der Waals surface area contributed by atoms with E-state index in [0.717, 1.165) is 4.57 Å². The van der Waals surface area contributed by atoms with Crippen molar-refractivity contribution in [3.8, 4) is 0 Å². The maximum absolute atomic E-state index is 12.0. The zero-order valence-corrected chi connectivity index (χ0v) is 13.2. The highest BCUT2D eigenvalue weighted by molar-refractivity contribution is 6.67. The number of carbonyl (C=O) groups is 1. The third-order valence-electron chi connectivity index (χ3n) is 2.62. The number of nitrogens with one attached hydrogen (secondary N) is 2. The lowest BCUT2D eigenvalue weighted by atomic mass is 10.0. The summed E-state index contributed by atoms with van der Waals surface area (Å²) in [5.41, 5.74) is 5.25. The summed E-state index contributed by atoms with van der Waals surface area (Å²) in [6.07, 6.45) is -0.150. The van der Waals surface area contributed by atoms with Gasteiger partial charge in [-0.05, 0) is 5.92 Å². The second kappa shape index (κ2) is 6.20. The monoisotopic (exact) mass is 340 g/mol. The summed E-state index contributed by atoms with van der Waals surface area (Å²) >= 11 is 17.0. The van der Waals surface area contributed by atoms with Crippen LogP contribution in [-0.4, -0.2) is 19.3 Å². The Morgan fingerprint density at radius 1 is 1.45 bits per heavy atom. The smallest absolute Gasteiger partial charge is 0.327 e. The highest BCUT2D eigenvalue weighted by Gasteiger charge is 2.24. The summed E-state index contributed by atoms with van der Waals surface area (Å²) < 4.78 is -0.681. The Hall–Kier alpha value is -0.980. The molecule has 0 bridgehead atoms. The fourth-order valence-electron chi connectivity index (χ4n) is 1.92. The second-order valence-electron chi connectivity index (χ2n) is 4.67. The van der Waals surface area contributed by atoms with Gasteiger partial charge in [0.2, 0.25) is 9.70 Å². The van der Waals surface area contributed by atoms with Crippen LogP contribution in [0, 0.1) is 5.41 Å². The van der Waals surface area contributed by atoms with Gasteiger partial charge in [0.1, 0.15) is 5.49 Å². The van der Waals surface area contributed by atoms with Crippen molar-refractivity contribution in [2.45, 2.75) is 36.5 Å². The number of halogens is 3. The van der Waals surface area contributed by atoms with Crippen LogP contribution in [0.2, 0.25) is 0 Å². The van der Waals surface area contributed by atoms with Crippen molar-refractivity contribution in [1.29, 1.82) is 5.41 Å². The van der Waals surface area contributed by atoms with Crippen LogP contribution in [0.1, 0.15) is 31.0 Å². The van der Waals surface area contributed by atoms with Gasteiger partial charge in [-0.3, -0.25) is 14.8 Å². The molecule has 0 saturated heterocycles. The number of H-pyrrole nitrogens is 1. The van der Waals surface area contributed by atoms with E-state index in [1.165, 1.54) is 0 Å². The lowest BCUT2D eigenvalue weighted by molar-refractivity contribution is -0.117. The molecule has 4 N–H and O–H groups in total. The largest absolute Gasteiger partial charge is 0.369 e. The van der Waals surface area contributed by atoms with E-state index in [1.54, 1.807) is 0 Å². The van der Waals surface area contributed by atoms with Gasteiger partial charge in [0.05, 0.1) is 13.0 Å². The van der Waals surface area contributed by atoms with Crippen molar-refractivity contribution in [2.75, 3.05) is 0 Å². The third kappa shape index (κ3) is 4.26.